The van der Waals surface area contributed by atoms with Crippen LogP contribution in [0.15, 0.2) is 35.4 Å². The minimum absolute atomic E-state index is 0.119. The third-order valence-corrected chi connectivity index (χ3v) is 2.97. The molecule has 19 heavy (non-hydrogen) atoms. The van der Waals surface area contributed by atoms with Crippen molar-refractivity contribution in [1.29, 1.82) is 0 Å². The molecule has 1 aromatic heterocycles. The van der Waals surface area contributed by atoms with Gasteiger partial charge in [0, 0.05) is 24.5 Å². The maximum atomic E-state index is 13.5. The molecular formula is C13H14F2N2O2. The van der Waals surface area contributed by atoms with E-state index in [1.165, 1.54) is 27.5 Å². The van der Waals surface area contributed by atoms with Crippen LogP contribution in [-0.2, 0) is 13.1 Å². The van der Waals surface area contributed by atoms with Gasteiger partial charge in [0.2, 0.25) is 0 Å². The van der Waals surface area contributed by atoms with Crippen LogP contribution in [0.1, 0.15) is 18.6 Å². The van der Waals surface area contributed by atoms with Gasteiger partial charge in [-0.1, -0.05) is 12.1 Å². The van der Waals surface area contributed by atoms with Crippen molar-refractivity contribution < 1.29 is 13.9 Å². The van der Waals surface area contributed by atoms with Crippen LogP contribution in [-0.4, -0.2) is 14.2 Å². The molecule has 0 aliphatic heterocycles. The minimum Gasteiger partial charge on any atom is -0.386 e. The van der Waals surface area contributed by atoms with Crippen molar-refractivity contribution in [1.82, 2.24) is 9.13 Å². The Bertz CT molecular complexity index is 634. The maximum Gasteiger partial charge on any atom is 0.328 e. The number of benzene rings is 1. The fourth-order valence-corrected chi connectivity index (χ4v) is 1.90. The summed E-state index contributed by atoms with van der Waals surface area (Å²) in [6, 6.07) is 3.59. The van der Waals surface area contributed by atoms with Gasteiger partial charge in [-0.2, -0.15) is 0 Å². The molecular weight excluding hydrogens is 254 g/mol. The molecule has 0 fully saturated rings. The molecule has 6 heteroatoms. The Balaban J connectivity index is 2.25. The van der Waals surface area contributed by atoms with E-state index in [-0.39, 0.29) is 17.8 Å². The van der Waals surface area contributed by atoms with E-state index in [9.17, 15) is 18.7 Å². The molecule has 0 aliphatic carbocycles. The Hall–Kier alpha value is -1.95. The molecule has 2 rings (SSSR count). The number of imidazole rings is 1. The monoisotopic (exact) mass is 268 g/mol. The second-order valence-electron chi connectivity index (χ2n) is 4.18. The third kappa shape index (κ3) is 2.58. The van der Waals surface area contributed by atoms with Crippen LogP contribution in [0.5, 0.6) is 0 Å². The molecule has 0 saturated heterocycles. The molecule has 1 heterocycles. The molecule has 102 valence electrons. The van der Waals surface area contributed by atoms with Gasteiger partial charge < -0.3 is 5.11 Å². The summed E-state index contributed by atoms with van der Waals surface area (Å²) >= 11 is 0. The Labute approximate surface area is 108 Å². The maximum absolute atomic E-state index is 13.5. The van der Waals surface area contributed by atoms with Crippen molar-refractivity contribution in [2.75, 3.05) is 0 Å². The number of aromatic nitrogens is 2. The van der Waals surface area contributed by atoms with E-state index in [0.717, 1.165) is 6.07 Å². The molecule has 0 saturated carbocycles. The van der Waals surface area contributed by atoms with Gasteiger partial charge in [-0.05, 0) is 13.0 Å². The van der Waals surface area contributed by atoms with Crippen molar-refractivity contribution in [3.63, 3.8) is 0 Å². The second-order valence-corrected chi connectivity index (χ2v) is 4.18. The van der Waals surface area contributed by atoms with E-state index in [1.54, 1.807) is 6.20 Å². The van der Waals surface area contributed by atoms with Crippen LogP contribution in [0.3, 0.4) is 0 Å². The highest BCUT2D eigenvalue weighted by Crippen LogP contribution is 2.20. The number of aliphatic hydroxyl groups is 1. The molecule has 0 aliphatic rings. The Morgan fingerprint density at radius 3 is 2.58 bits per heavy atom. The lowest BCUT2D eigenvalue weighted by Crippen LogP contribution is -2.26. The predicted octanol–water partition coefficient (Wildman–Crippen LogP) is 1.68. The second kappa shape index (κ2) is 5.36. The van der Waals surface area contributed by atoms with Gasteiger partial charge in [0.1, 0.15) is 0 Å². The van der Waals surface area contributed by atoms with Gasteiger partial charge in [0.25, 0.3) is 0 Å². The van der Waals surface area contributed by atoms with Crippen molar-refractivity contribution in [2.24, 2.45) is 0 Å². The zero-order chi connectivity index (χ0) is 14.0. The molecule has 1 atom stereocenters. The minimum atomic E-state index is -1.28. The lowest BCUT2D eigenvalue weighted by atomic mass is 10.1. The quantitative estimate of drug-likeness (QED) is 0.917. The lowest BCUT2D eigenvalue weighted by Gasteiger charge is -2.12. The summed E-state index contributed by atoms with van der Waals surface area (Å²) in [5.74, 6) is -2.10. The Kier molecular flexibility index (Phi) is 3.80. The zero-order valence-electron chi connectivity index (χ0n) is 10.4. The van der Waals surface area contributed by atoms with Gasteiger partial charge in [0.15, 0.2) is 11.6 Å². The summed E-state index contributed by atoms with van der Waals surface area (Å²) in [4.78, 5) is 11.8. The number of hydrogen-bond donors (Lipinski definition) is 1. The highest BCUT2D eigenvalue weighted by molar-refractivity contribution is 5.21. The first kappa shape index (κ1) is 13.5. The molecule has 2 aromatic rings. The van der Waals surface area contributed by atoms with Crippen LogP contribution in [0.25, 0.3) is 0 Å². The molecule has 0 amide bonds. The summed E-state index contributed by atoms with van der Waals surface area (Å²) < 4.78 is 29.3. The molecule has 1 unspecified atom stereocenters. The normalized spacial score (nSPS) is 12.6. The average molecular weight is 268 g/mol. The molecule has 1 aromatic carbocycles. The fourth-order valence-electron chi connectivity index (χ4n) is 1.90. The van der Waals surface area contributed by atoms with Gasteiger partial charge >= 0.3 is 5.69 Å². The first-order valence-corrected chi connectivity index (χ1v) is 5.92. The zero-order valence-corrected chi connectivity index (χ0v) is 10.4. The standard InChI is InChI=1S/C13H14F2N2O2/c1-2-16-6-7-17(13(16)19)8-11(18)9-4-3-5-10(14)12(9)15/h3-7,11,18H,2,8H2,1H3. The smallest absolute Gasteiger partial charge is 0.328 e. The summed E-state index contributed by atoms with van der Waals surface area (Å²) in [5.41, 5.74) is -0.450. The number of aryl methyl sites for hydroxylation is 1. The molecule has 4 nitrogen and oxygen atoms in total. The largest absolute Gasteiger partial charge is 0.386 e. The SMILES string of the molecule is CCn1ccn(CC(O)c2cccc(F)c2F)c1=O. The van der Waals surface area contributed by atoms with Crippen molar-refractivity contribution in [3.05, 3.63) is 58.3 Å². The first-order valence-electron chi connectivity index (χ1n) is 5.92. The first-order chi connectivity index (χ1) is 9.04. The van der Waals surface area contributed by atoms with Crippen LogP contribution in [0.4, 0.5) is 8.78 Å². The van der Waals surface area contributed by atoms with Crippen LogP contribution in [0.2, 0.25) is 0 Å². The third-order valence-electron chi connectivity index (χ3n) is 2.97. The van der Waals surface area contributed by atoms with E-state index in [2.05, 4.69) is 0 Å². The number of aliphatic hydroxyl groups excluding tert-OH is 1. The van der Waals surface area contributed by atoms with Crippen molar-refractivity contribution in [3.8, 4) is 0 Å². The van der Waals surface area contributed by atoms with E-state index < -0.39 is 17.7 Å². The fraction of sp³-hybridized carbons (Fsp3) is 0.308. The van der Waals surface area contributed by atoms with E-state index in [4.69, 9.17) is 0 Å². The average Bonchev–Trinajstić information content (AvgIpc) is 2.73. The van der Waals surface area contributed by atoms with Crippen molar-refractivity contribution in [2.45, 2.75) is 26.1 Å². The topological polar surface area (TPSA) is 47.2 Å². The van der Waals surface area contributed by atoms with Crippen LogP contribution < -0.4 is 5.69 Å². The molecule has 0 spiro atoms. The van der Waals surface area contributed by atoms with Gasteiger partial charge in [0.05, 0.1) is 12.6 Å². The van der Waals surface area contributed by atoms with Gasteiger partial charge in [-0.3, -0.25) is 9.13 Å². The summed E-state index contributed by atoms with van der Waals surface area (Å²) in [6.45, 7) is 2.21. The number of nitrogens with zero attached hydrogens (tertiary/aromatic N) is 2. The summed E-state index contributed by atoms with van der Waals surface area (Å²) in [7, 11) is 0. The van der Waals surface area contributed by atoms with Crippen molar-refractivity contribution >= 4 is 0 Å². The number of rotatable bonds is 4. The Morgan fingerprint density at radius 1 is 1.26 bits per heavy atom. The Morgan fingerprint density at radius 2 is 1.95 bits per heavy atom. The van der Waals surface area contributed by atoms with Crippen LogP contribution >= 0.6 is 0 Å². The molecule has 0 bridgehead atoms. The van der Waals surface area contributed by atoms with E-state index >= 15 is 0 Å². The highest BCUT2D eigenvalue weighted by atomic mass is 19.2. The van der Waals surface area contributed by atoms with E-state index in [0.29, 0.717) is 6.54 Å². The molecule has 0 radical (unpaired) electrons. The molecule has 1 N–H and O–H groups in total. The van der Waals surface area contributed by atoms with Gasteiger partial charge in [-0.25, -0.2) is 13.6 Å². The lowest BCUT2D eigenvalue weighted by molar-refractivity contribution is 0.149. The van der Waals surface area contributed by atoms with Crippen LogP contribution in [0, 0.1) is 11.6 Å². The summed E-state index contributed by atoms with van der Waals surface area (Å²) in [5, 5.41) is 9.91. The van der Waals surface area contributed by atoms with Gasteiger partial charge in [-0.15, -0.1) is 0 Å². The number of halogens is 2. The summed E-state index contributed by atoms with van der Waals surface area (Å²) in [6.07, 6.45) is 1.81. The van der Waals surface area contributed by atoms with E-state index in [1.807, 2.05) is 6.92 Å². The predicted molar refractivity (Wildman–Crippen MR) is 65.7 cm³/mol. The highest BCUT2D eigenvalue weighted by Gasteiger charge is 2.17. The number of hydrogen-bond acceptors (Lipinski definition) is 2.